The van der Waals surface area contributed by atoms with Gasteiger partial charge in [0.05, 0.1) is 0 Å². The van der Waals surface area contributed by atoms with E-state index in [0.29, 0.717) is 12.3 Å². The SMILES string of the molecule is Cc1cccc(CN(C(=O)COc2ccccc2C(C)(C)C)[C@@H](C)C(=O)NC(C)C)c1. The van der Waals surface area contributed by atoms with Gasteiger partial charge in [-0.1, -0.05) is 68.8 Å². The summed E-state index contributed by atoms with van der Waals surface area (Å²) in [6, 6.07) is 15.1. The molecule has 0 aliphatic rings. The maximum atomic E-state index is 13.2. The van der Waals surface area contributed by atoms with Crippen LogP contribution in [0.1, 0.15) is 58.2 Å². The molecular weight excluding hydrogens is 388 g/mol. The Morgan fingerprint density at radius 1 is 1.03 bits per heavy atom. The third kappa shape index (κ3) is 7.12. The molecule has 168 valence electrons. The molecule has 2 rings (SSSR count). The Morgan fingerprint density at radius 2 is 1.71 bits per heavy atom. The van der Waals surface area contributed by atoms with E-state index < -0.39 is 6.04 Å². The van der Waals surface area contributed by atoms with Crippen molar-refractivity contribution in [3.8, 4) is 5.75 Å². The van der Waals surface area contributed by atoms with Crippen LogP contribution in [0, 0.1) is 6.92 Å². The van der Waals surface area contributed by atoms with Crippen molar-refractivity contribution in [2.75, 3.05) is 6.61 Å². The molecule has 0 fully saturated rings. The molecule has 2 amide bonds. The van der Waals surface area contributed by atoms with Gasteiger partial charge in [0.15, 0.2) is 6.61 Å². The Labute approximate surface area is 186 Å². The second-order valence-corrected chi connectivity index (χ2v) is 9.38. The highest BCUT2D eigenvalue weighted by atomic mass is 16.5. The molecule has 0 heterocycles. The third-order valence-corrected chi connectivity index (χ3v) is 5.08. The molecule has 0 spiro atoms. The summed E-state index contributed by atoms with van der Waals surface area (Å²) < 4.78 is 5.96. The van der Waals surface area contributed by atoms with E-state index in [1.807, 2.05) is 69.3 Å². The maximum Gasteiger partial charge on any atom is 0.261 e. The van der Waals surface area contributed by atoms with Crippen molar-refractivity contribution in [2.24, 2.45) is 0 Å². The van der Waals surface area contributed by atoms with Crippen LogP contribution in [-0.2, 0) is 21.5 Å². The highest BCUT2D eigenvalue weighted by Crippen LogP contribution is 2.31. The molecule has 0 saturated carbocycles. The van der Waals surface area contributed by atoms with Crippen LogP contribution in [0.5, 0.6) is 5.75 Å². The lowest BCUT2D eigenvalue weighted by Gasteiger charge is -2.30. The molecule has 1 N–H and O–H groups in total. The third-order valence-electron chi connectivity index (χ3n) is 5.08. The number of nitrogens with zero attached hydrogens (tertiary/aromatic N) is 1. The van der Waals surface area contributed by atoms with Crippen LogP contribution in [0.25, 0.3) is 0 Å². The highest BCUT2D eigenvalue weighted by Gasteiger charge is 2.27. The number of carbonyl (C=O) groups is 2. The van der Waals surface area contributed by atoms with E-state index in [9.17, 15) is 9.59 Å². The summed E-state index contributed by atoms with van der Waals surface area (Å²) in [6.45, 7) is 14.1. The van der Waals surface area contributed by atoms with E-state index >= 15 is 0 Å². The van der Waals surface area contributed by atoms with Crippen molar-refractivity contribution < 1.29 is 14.3 Å². The second kappa shape index (κ2) is 10.5. The van der Waals surface area contributed by atoms with Crippen LogP contribution in [0.2, 0.25) is 0 Å². The van der Waals surface area contributed by atoms with Gasteiger partial charge in [0.1, 0.15) is 11.8 Å². The van der Waals surface area contributed by atoms with E-state index in [1.165, 1.54) is 0 Å². The Hall–Kier alpha value is -2.82. The van der Waals surface area contributed by atoms with Gasteiger partial charge in [-0.05, 0) is 50.3 Å². The monoisotopic (exact) mass is 424 g/mol. The average molecular weight is 425 g/mol. The van der Waals surface area contributed by atoms with E-state index in [2.05, 4.69) is 26.1 Å². The zero-order chi connectivity index (χ0) is 23.2. The van der Waals surface area contributed by atoms with Crippen molar-refractivity contribution in [1.29, 1.82) is 0 Å². The Morgan fingerprint density at radius 3 is 2.32 bits per heavy atom. The largest absolute Gasteiger partial charge is 0.483 e. The molecule has 0 bridgehead atoms. The summed E-state index contributed by atoms with van der Waals surface area (Å²) in [5, 5.41) is 2.90. The Bertz CT molecular complexity index is 900. The summed E-state index contributed by atoms with van der Waals surface area (Å²) in [6.07, 6.45) is 0. The van der Waals surface area contributed by atoms with Gasteiger partial charge in [0, 0.05) is 12.6 Å². The van der Waals surface area contributed by atoms with Gasteiger partial charge in [0.25, 0.3) is 5.91 Å². The summed E-state index contributed by atoms with van der Waals surface area (Å²) in [5.74, 6) is 0.292. The fourth-order valence-electron chi connectivity index (χ4n) is 3.43. The van der Waals surface area contributed by atoms with E-state index in [1.54, 1.807) is 11.8 Å². The fraction of sp³-hybridized carbons (Fsp3) is 0.462. The molecule has 2 aromatic rings. The molecule has 2 aromatic carbocycles. The molecule has 0 unspecified atom stereocenters. The molecular formula is C26H36N2O3. The summed E-state index contributed by atoms with van der Waals surface area (Å²) >= 11 is 0. The first kappa shape index (κ1) is 24.4. The summed E-state index contributed by atoms with van der Waals surface area (Å²) in [4.78, 5) is 27.5. The van der Waals surface area contributed by atoms with Crippen molar-refractivity contribution >= 4 is 11.8 Å². The molecule has 0 aliphatic carbocycles. The van der Waals surface area contributed by atoms with Crippen LogP contribution < -0.4 is 10.1 Å². The number of carbonyl (C=O) groups excluding carboxylic acids is 2. The van der Waals surface area contributed by atoms with E-state index in [4.69, 9.17) is 4.74 Å². The maximum absolute atomic E-state index is 13.2. The van der Waals surface area contributed by atoms with Crippen molar-refractivity contribution in [3.63, 3.8) is 0 Å². The van der Waals surface area contributed by atoms with Gasteiger partial charge in [-0.15, -0.1) is 0 Å². The smallest absolute Gasteiger partial charge is 0.261 e. The first-order valence-electron chi connectivity index (χ1n) is 10.9. The number of aryl methyl sites for hydroxylation is 1. The molecule has 0 saturated heterocycles. The lowest BCUT2D eigenvalue weighted by Crippen LogP contribution is -2.50. The molecule has 0 radical (unpaired) electrons. The lowest BCUT2D eigenvalue weighted by atomic mass is 9.86. The van der Waals surface area contributed by atoms with Crippen LogP contribution >= 0.6 is 0 Å². The molecule has 5 heteroatoms. The molecule has 31 heavy (non-hydrogen) atoms. The van der Waals surface area contributed by atoms with Crippen LogP contribution in [0.3, 0.4) is 0 Å². The highest BCUT2D eigenvalue weighted by molar-refractivity contribution is 5.88. The minimum atomic E-state index is -0.614. The predicted molar refractivity (Wildman–Crippen MR) is 125 cm³/mol. The number of ether oxygens (including phenoxy) is 1. The van der Waals surface area contributed by atoms with Gasteiger partial charge in [-0.3, -0.25) is 9.59 Å². The normalized spacial score (nSPS) is 12.4. The summed E-state index contributed by atoms with van der Waals surface area (Å²) in [5.41, 5.74) is 3.02. The van der Waals surface area contributed by atoms with E-state index in [0.717, 1.165) is 16.7 Å². The summed E-state index contributed by atoms with van der Waals surface area (Å²) in [7, 11) is 0. The first-order valence-corrected chi connectivity index (χ1v) is 10.9. The predicted octanol–water partition coefficient (Wildman–Crippen LogP) is 4.61. The molecule has 5 nitrogen and oxygen atoms in total. The van der Waals surface area contributed by atoms with E-state index in [-0.39, 0.29) is 29.9 Å². The van der Waals surface area contributed by atoms with Gasteiger partial charge in [0.2, 0.25) is 5.91 Å². The fourth-order valence-corrected chi connectivity index (χ4v) is 3.43. The van der Waals surface area contributed by atoms with Gasteiger partial charge in [-0.25, -0.2) is 0 Å². The number of nitrogens with one attached hydrogen (secondary N) is 1. The zero-order valence-corrected chi connectivity index (χ0v) is 19.9. The Balaban J connectivity index is 2.23. The van der Waals surface area contributed by atoms with Gasteiger partial charge in [-0.2, -0.15) is 0 Å². The average Bonchev–Trinajstić information content (AvgIpc) is 2.68. The number of rotatable bonds is 8. The number of benzene rings is 2. The standard InChI is InChI=1S/C26H36N2O3/c1-18(2)27-25(30)20(4)28(16-21-12-10-11-19(3)15-21)24(29)17-31-23-14-9-8-13-22(23)26(5,6)7/h8-15,18,20H,16-17H2,1-7H3,(H,27,30)/t20-/m0/s1. The van der Waals surface area contributed by atoms with Gasteiger partial charge >= 0.3 is 0 Å². The van der Waals surface area contributed by atoms with Crippen LogP contribution in [0.15, 0.2) is 48.5 Å². The number of hydrogen-bond donors (Lipinski definition) is 1. The number of amides is 2. The van der Waals surface area contributed by atoms with Crippen molar-refractivity contribution in [3.05, 3.63) is 65.2 Å². The van der Waals surface area contributed by atoms with Crippen LogP contribution in [-0.4, -0.2) is 35.4 Å². The lowest BCUT2D eigenvalue weighted by molar-refractivity contribution is -0.142. The van der Waals surface area contributed by atoms with Crippen molar-refractivity contribution in [2.45, 2.75) is 72.5 Å². The molecule has 0 aromatic heterocycles. The number of hydrogen-bond acceptors (Lipinski definition) is 3. The zero-order valence-electron chi connectivity index (χ0n) is 19.9. The quantitative estimate of drug-likeness (QED) is 0.673. The molecule has 1 atom stereocenters. The minimum absolute atomic E-state index is 0.000726. The first-order chi connectivity index (χ1) is 14.5. The topological polar surface area (TPSA) is 58.6 Å². The molecule has 0 aliphatic heterocycles. The Kier molecular flexibility index (Phi) is 8.26. The number of para-hydroxylation sites is 1. The minimum Gasteiger partial charge on any atom is -0.483 e. The second-order valence-electron chi connectivity index (χ2n) is 9.38. The van der Waals surface area contributed by atoms with Crippen molar-refractivity contribution in [1.82, 2.24) is 10.2 Å². The van der Waals surface area contributed by atoms with Crippen LogP contribution in [0.4, 0.5) is 0 Å². The van der Waals surface area contributed by atoms with Gasteiger partial charge < -0.3 is 15.0 Å².